The third-order valence-electron chi connectivity index (χ3n) is 11.3. The molecule has 2 aromatic heterocycles. The first kappa shape index (κ1) is 49.2. The van der Waals surface area contributed by atoms with Gasteiger partial charge in [-0.15, -0.1) is 0 Å². The lowest BCUT2D eigenvalue weighted by atomic mass is 10.1. The minimum Gasteiger partial charge on any atom is -0.409 e. The van der Waals surface area contributed by atoms with Gasteiger partial charge in [0, 0.05) is 126 Å². The van der Waals surface area contributed by atoms with Crippen molar-refractivity contribution in [1.82, 2.24) is 55.2 Å². The lowest BCUT2D eigenvalue weighted by Crippen LogP contribution is -2.64. The molecule has 5 fully saturated rings. The van der Waals surface area contributed by atoms with E-state index in [-0.39, 0.29) is 29.5 Å². The van der Waals surface area contributed by atoms with Gasteiger partial charge in [0.1, 0.15) is 5.82 Å². The number of rotatable bonds is 8. The van der Waals surface area contributed by atoms with Crippen molar-refractivity contribution in [2.24, 2.45) is 15.9 Å². The fraction of sp³-hybridized carbons (Fsp3) is 0.512. The third kappa shape index (κ3) is 13.4. The average molecular weight is 905 g/mol. The molecule has 0 atom stereocenters. The molecule has 346 valence electrons. The number of carbonyl (C=O) groups is 3. The van der Waals surface area contributed by atoms with Crippen molar-refractivity contribution in [3.63, 3.8) is 0 Å². The second kappa shape index (κ2) is 24.3. The molecule has 6 heterocycles. The zero-order valence-electron chi connectivity index (χ0n) is 37.1. The zero-order valence-corrected chi connectivity index (χ0v) is 37.9. The number of aliphatic imine (C=N–C) groups is 1. The number of oxime groups is 1. The molecule has 21 heteroatoms. The van der Waals surface area contributed by atoms with Gasteiger partial charge < -0.3 is 36.3 Å². The van der Waals surface area contributed by atoms with Gasteiger partial charge in [-0.3, -0.25) is 29.4 Å². The Morgan fingerprint density at radius 3 is 1.88 bits per heavy atom. The zero-order chi connectivity index (χ0) is 46.2. The molecule has 4 aliphatic heterocycles. The van der Waals surface area contributed by atoms with Crippen LogP contribution in [0, 0.1) is 0 Å². The molecule has 64 heavy (non-hydrogen) atoms. The minimum atomic E-state index is -0.399. The number of nitrogens with two attached hydrogens (primary N) is 1. The normalized spacial score (nSPS) is 18.5. The number of hydrogen-bond donors (Lipinski definition) is 6. The summed E-state index contributed by atoms with van der Waals surface area (Å²) in [5.74, 6) is 0.725. The lowest BCUT2D eigenvalue weighted by Gasteiger charge is -2.47. The van der Waals surface area contributed by atoms with E-state index >= 15 is 0 Å². The number of amides is 3. The van der Waals surface area contributed by atoms with Crippen LogP contribution in [0.2, 0.25) is 5.02 Å². The van der Waals surface area contributed by atoms with Gasteiger partial charge in [0.05, 0.1) is 11.4 Å². The maximum atomic E-state index is 13.3. The Kier molecular flexibility index (Phi) is 18.7. The number of amidine groups is 2. The van der Waals surface area contributed by atoms with E-state index in [1.165, 1.54) is 6.08 Å². The summed E-state index contributed by atoms with van der Waals surface area (Å²) >= 11 is 6.55. The summed E-state index contributed by atoms with van der Waals surface area (Å²) in [6.07, 6.45) is 10.2. The average Bonchev–Trinajstić information content (AvgIpc) is 4.15. The Morgan fingerprint density at radius 1 is 0.859 bits per heavy atom. The minimum absolute atomic E-state index is 0.0559. The molecule has 1 saturated carbocycles. The summed E-state index contributed by atoms with van der Waals surface area (Å²) < 4.78 is 0. The molecule has 1 aliphatic carbocycles. The molecule has 3 aromatic rings. The first-order chi connectivity index (χ1) is 31.0. The van der Waals surface area contributed by atoms with Crippen LogP contribution in [0.1, 0.15) is 63.8 Å². The van der Waals surface area contributed by atoms with Gasteiger partial charge in [-0.05, 0) is 54.7 Å². The number of aromatic nitrogens is 4. The highest BCUT2D eigenvalue weighted by Crippen LogP contribution is 2.46. The second-order valence-corrected chi connectivity index (χ2v) is 16.2. The van der Waals surface area contributed by atoms with Crippen LogP contribution >= 0.6 is 11.6 Å². The van der Waals surface area contributed by atoms with Crippen LogP contribution < -0.4 is 21.8 Å². The molecule has 0 unspecified atom stereocenters. The lowest BCUT2D eigenvalue weighted by molar-refractivity contribution is -0.134. The Morgan fingerprint density at radius 2 is 1.41 bits per heavy atom. The standard InChI is InChI=1S/C25H29ClN8O3.C9H17N5O2.C7H10N2.C2H6/c1-2-22(35)34-14-17(15-34)32-8-10-33(11-9-32)24(36)23(31-37)29-20-12-18(16-4-5-16)19(26)13-21(20)30-25-27-6-3-7-28-25;10-8(12-16)9(15)14-3-1-13(2-4-14)7-5-11-6-7;1-6(2)7-8-4-3-5-9-7;1-2/h2-3,6-7,12-13,16-17,37H,1,4-5,8-11,14-15H2,(H,29,31)(H,27,28,30);7,11,16H,1-6H2,(H2,10,12);3-6H,1-2H3;1-2H3. The van der Waals surface area contributed by atoms with Crippen molar-refractivity contribution in [1.29, 1.82) is 0 Å². The number of hydroxylamine groups is 1. The van der Waals surface area contributed by atoms with E-state index < -0.39 is 5.91 Å². The van der Waals surface area contributed by atoms with Gasteiger partial charge in [-0.1, -0.05) is 51.0 Å². The third-order valence-corrected chi connectivity index (χ3v) is 11.6. The summed E-state index contributed by atoms with van der Waals surface area (Å²) in [4.78, 5) is 67.2. The number of halogens is 1. The van der Waals surface area contributed by atoms with Crippen molar-refractivity contribution in [2.75, 3.05) is 83.9 Å². The molecule has 7 N–H and O–H groups in total. The predicted octanol–water partition coefficient (Wildman–Crippen LogP) is 2.78. The Balaban J connectivity index is 0.000000233. The first-order valence-electron chi connectivity index (χ1n) is 21.8. The number of hydrogen-bond acceptors (Lipinski definition) is 15. The SMILES string of the molecule is C=CC(=O)N1CC(N2CCN(C(=O)C(=Nc3cc(C4CC4)c(Cl)cc3Nc3ncccn3)NO)CC2)C1.CC.CC(C)c1ncccn1.N/C(=N/O)C(=O)N1CCN(C2CNC2)CC1. The number of benzene rings is 1. The quantitative estimate of drug-likeness (QED) is 0.0626. The molecular weight excluding hydrogens is 842 g/mol. The predicted molar refractivity (Wildman–Crippen MR) is 245 cm³/mol. The van der Waals surface area contributed by atoms with Gasteiger partial charge in [-0.2, -0.15) is 0 Å². The van der Waals surface area contributed by atoms with E-state index in [4.69, 9.17) is 22.5 Å². The van der Waals surface area contributed by atoms with E-state index in [1.54, 1.807) is 51.6 Å². The van der Waals surface area contributed by atoms with Crippen LogP contribution in [-0.4, -0.2) is 175 Å². The molecule has 4 saturated heterocycles. The molecule has 8 rings (SSSR count). The fourth-order valence-electron chi connectivity index (χ4n) is 7.27. The Hall–Kier alpha value is -5.80. The number of piperazine rings is 2. The molecule has 0 bridgehead atoms. The van der Waals surface area contributed by atoms with E-state index in [0.29, 0.717) is 92.6 Å². The van der Waals surface area contributed by atoms with Crippen LogP contribution in [0.4, 0.5) is 17.3 Å². The molecule has 0 spiro atoms. The summed E-state index contributed by atoms with van der Waals surface area (Å²) in [6, 6.07) is 8.03. The smallest absolute Gasteiger partial charge is 0.292 e. The highest BCUT2D eigenvalue weighted by atomic mass is 35.5. The van der Waals surface area contributed by atoms with Gasteiger partial charge in [0.15, 0.2) is 0 Å². The highest BCUT2D eigenvalue weighted by molar-refractivity contribution is 6.38. The van der Waals surface area contributed by atoms with Crippen molar-refractivity contribution in [2.45, 2.75) is 64.5 Å². The monoisotopic (exact) mass is 903 g/mol. The second-order valence-electron chi connectivity index (χ2n) is 15.8. The van der Waals surface area contributed by atoms with Crippen LogP contribution in [0.15, 0.2) is 71.9 Å². The largest absolute Gasteiger partial charge is 0.409 e. The van der Waals surface area contributed by atoms with Gasteiger partial charge >= 0.3 is 0 Å². The maximum absolute atomic E-state index is 13.3. The topological polar surface area (TPSA) is 246 Å². The van der Waals surface area contributed by atoms with Crippen LogP contribution in [0.3, 0.4) is 0 Å². The van der Waals surface area contributed by atoms with Crippen molar-refractivity contribution < 1.29 is 24.8 Å². The maximum Gasteiger partial charge on any atom is 0.292 e. The molecule has 0 radical (unpaired) electrons. The van der Waals surface area contributed by atoms with E-state index in [1.807, 2.05) is 31.5 Å². The van der Waals surface area contributed by atoms with Crippen molar-refractivity contribution in [3.8, 4) is 0 Å². The number of carbonyl (C=O) groups excluding carboxylic acids is 3. The summed E-state index contributed by atoms with van der Waals surface area (Å²) in [6.45, 7) is 20.4. The number of nitrogens with zero attached hydrogens (tertiary/aromatic N) is 11. The Labute approximate surface area is 379 Å². The van der Waals surface area contributed by atoms with Gasteiger partial charge in [0.2, 0.25) is 23.5 Å². The number of nitrogens with one attached hydrogen (secondary N) is 3. The van der Waals surface area contributed by atoms with E-state index in [2.05, 4.69) is 70.9 Å². The van der Waals surface area contributed by atoms with Crippen LogP contribution in [0.25, 0.3) is 0 Å². The summed E-state index contributed by atoms with van der Waals surface area (Å²) in [5.41, 5.74) is 9.19. The summed E-state index contributed by atoms with van der Waals surface area (Å²) in [5, 5.41) is 27.9. The highest BCUT2D eigenvalue weighted by Gasteiger charge is 2.36. The molecule has 5 aliphatic rings. The molecule has 3 amide bonds. The number of likely N-dealkylation sites (tertiary alicyclic amines) is 1. The molecular formula is C43H62ClN15O5. The molecule has 1 aromatic carbocycles. The molecule has 20 nitrogen and oxygen atoms in total. The number of anilines is 2. The van der Waals surface area contributed by atoms with Gasteiger partial charge in [0.25, 0.3) is 11.8 Å². The summed E-state index contributed by atoms with van der Waals surface area (Å²) in [7, 11) is 0. The van der Waals surface area contributed by atoms with Crippen molar-refractivity contribution in [3.05, 3.63) is 78.1 Å². The van der Waals surface area contributed by atoms with Crippen LogP contribution in [0.5, 0.6) is 0 Å². The van der Waals surface area contributed by atoms with Crippen LogP contribution in [-0.2, 0) is 14.4 Å². The van der Waals surface area contributed by atoms with Gasteiger partial charge in [-0.25, -0.2) is 30.4 Å². The Bertz CT molecular complexity index is 2050. The van der Waals surface area contributed by atoms with E-state index in [0.717, 1.165) is 50.4 Å². The first-order valence-corrected chi connectivity index (χ1v) is 22.2. The van der Waals surface area contributed by atoms with Crippen molar-refractivity contribution >= 4 is 58.3 Å². The fourth-order valence-corrected chi connectivity index (χ4v) is 7.59. The van der Waals surface area contributed by atoms with E-state index in [9.17, 15) is 19.6 Å².